The Morgan fingerprint density at radius 3 is 2.27 bits per heavy atom. The predicted octanol–water partition coefficient (Wildman–Crippen LogP) is 2.08. The van der Waals surface area contributed by atoms with Crippen LogP contribution in [-0.2, 0) is 15.8 Å². The summed E-state index contributed by atoms with van der Waals surface area (Å²) < 4.78 is 38.3. The topological polar surface area (TPSA) is 52.7 Å². The van der Waals surface area contributed by atoms with Crippen molar-refractivity contribution in [1.29, 1.82) is 0 Å². The van der Waals surface area contributed by atoms with Crippen molar-refractivity contribution in [3.63, 3.8) is 0 Å². The van der Waals surface area contributed by atoms with Gasteiger partial charge in [0.05, 0.1) is 17.5 Å². The quantitative estimate of drug-likeness (QED) is 0.839. The Morgan fingerprint density at radius 2 is 1.73 bits per heavy atom. The zero-order chi connectivity index (χ0) is 18.2. The first-order chi connectivity index (χ1) is 11.8. The second-order valence-electron chi connectivity index (χ2n) is 6.46. The summed E-state index contributed by atoms with van der Waals surface area (Å²) in [5.41, 5.74) is -0.192. The molecule has 144 valence electrons. The summed E-state index contributed by atoms with van der Waals surface area (Å²) in [6.07, 6.45) is -4.32. The Kier molecular flexibility index (Phi) is 6.18. The van der Waals surface area contributed by atoms with Gasteiger partial charge in [-0.25, -0.2) is 0 Å². The average molecular weight is 392 g/mol. The van der Waals surface area contributed by atoms with Crippen LogP contribution in [0.2, 0.25) is 0 Å². The zero-order valence-corrected chi connectivity index (χ0v) is 15.1. The van der Waals surface area contributed by atoms with Crippen LogP contribution in [0.3, 0.4) is 0 Å². The van der Waals surface area contributed by atoms with Crippen LogP contribution in [0.1, 0.15) is 23.6 Å². The normalized spacial score (nSPS) is 23.8. The predicted molar refractivity (Wildman–Crippen MR) is 91.8 cm³/mol. The molecule has 2 heterocycles. The van der Waals surface area contributed by atoms with E-state index in [-0.39, 0.29) is 30.6 Å². The second-order valence-corrected chi connectivity index (χ2v) is 6.46. The van der Waals surface area contributed by atoms with E-state index in [1.165, 1.54) is 17.0 Å². The number of alkyl halides is 3. The van der Waals surface area contributed by atoms with E-state index in [0.29, 0.717) is 31.7 Å². The summed E-state index contributed by atoms with van der Waals surface area (Å²) in [4.78, 5) is 28.2. The lowest BCUT2D eigenvalue weighted by atomic mass is 9.91. The first-order valence-corrected chi connectivity index (χ1v) is 8.21. The van der Waals surface area contributed by atoms with Crippen molar-refractivity contribution >= 4 is 24.2 Å². The molecule has 0 spiro atoms. The number of likely N-dealkylation sites (tertiary alicyclic amines) is 1. The Labute approximate surface area is 155 Å². The summed E-state index contributed by atoms with van der Waals surface area (Å²) in [5.74, 6) is -0.838. The first-order valence-electron chi connectivity index (χ1n) is 8.21. The monoisotopic (exact) mass is 391 g/mol. The molecule has 2 saturated heterocycles. The van der Waals surface area contributed by atoms with Crippen molar-refractivity contribution in [3.05, 3.63) is 35.4 Å². The number of hydrogen-bond acceptors (Lipinski definition) is 3. The van der Waals surface area contributed by atoms with E-state index in [9.17, 15) is 22.8 Å². The van der Waals surface area contributed by atoms with Crippen molar-refractivity contribution in [2.75, 3.05) is 33.2 Å². The third-order valence-electron chi connectivity index (χ3n) is 4.91. The Hall–Kier alpha value is -1.80. The van der Waals surface area contributed by atoms with Crippen molar-refractivity contribution in [1.82, 2.24) is 15.1 Å². The maximum Gasteiger partial charge on any atom is 0.416 e. The molecule has 3 rings (SSSR count). The third-order valence-corrected chi connectivity index (χ3v) is 4.91. The van der Waals surface area contributed by atoms with Crippen molar-refractivity contribution < 1.29 is 22.8 Å². The number of nitrogens with zero attached hydrogens (tertiary/aromatic N) is 2. The fourth-order valence-corrected chi connectivity index (χ4v) is 3.54. The van der Waals surface area contributed by atoms with Gasteiger partial charge in [0.25, 0.3) is 0 Å². The molecule has 0 bridgehead atoms. The molecule has 9 heteroatoms. The summed E-state index contributed by atoms with van der Waals surface area (Å²) in [7, 11) is 1.59. The fourth-order valence-electron chi connectivity index (χ4n) is 3.54. The standard InChI is InChI=1S/C17H20F3N3O2.ClH/c1-22-14(24)10-13(16(25)23-8-6-21-7-9-23)15(22)11-2-4-12(5-3-11)17(18,19)20;/h2-5,13,15,21H,6-10H2,1H3;1H. The van der Waals surface area contributed by atoms with Crippen LogP contribution in [-0.4, -0.2) is 54.8 Å². The molecule has 0 aliphatic carbocycles. The van der Waals surface area contributed by atoms with Gasteiger partial charge < -0.3 is 15.1 Å². The highest BCUT2D eigenvalue weighted by atomic mass is 35.5. The molecule has 2 atom stereocenters. The van der Waals surface area contributed by atoms with E-state index in [0.717, 1.165) is 12.1 Å². The largest absolute Gasteiger partial charge is 0.416 e. The van der Waals surface area contributed by atoms with Gasteiger partial charge >= 0.3 is 6.18 Å². The first kappa shape index (κ1) is 20.5. The number of benzene rings is 1. The minimum Gasteiger partial charge on any atom is -0.340 e. The number of piperazine rings is 1. The molecule has 0 radical (unpaired) electrons. The molecule has 5 nitrogen and oxygen atoms in total. The van der Waals surface area contributed by atoms with Gasteiger partial charge in [-0.05, 0) is 17.7 Å². The Balaban J connectivity index is 0.00000243. The lowest BCUT2D eigenvalue weighted by Gasteiger charge is -2.32. The highest BCUT2D eigenvalue weighted by Gasteiger charge is 2.44. The molecule has 1 aromatic carbocycles. The second kappa shape index (κ2) is 7.84. The average Bonchev–Trinajstić information content (AvgIpc) is 2.89. The van der Waals surface area contributed by atoms with E-state index < -0.39 is 23.7 Å². The van der Waals surface area contributed by atoms with Gasteiger partial charge in [0.2, 0.25) is 11.8 Å². The lowest BCUT2D eigenvalue weighted by Crippen LogP contribution is -2.49. The van der Waals surface area contributed by atoms with Crippen LogP contribution in [0, 0.1) is 5.92 Å². The molecule has 1 aromatic rings. The van der Waals surface area contributed by atoms with Crippen LogP contribution in [0.25, 0.3) is 0 Å². The molecule has 2 fully saturated rings. The smallest absolute Gasteiger partial charge is 0.340 e. The number of carbonyl (C=O) groups excluding carboxylic acids is 2. The van der Waals surface area contributed by atoms with Gasteiger partial charge in [-0.15, -0.1) is 12.4 Å². The third kappa shape index (κ3) is 3.96. The number of carbonyl (C=O) groups is 2. The molecule has 26 heavy (non-hydrogen) atoms. The zero-order valence-electron chi connectivity index (χ0n) is 14.3. The molecule has 2 amide bonds. The van der Waals surface area contributed by atoms with E-state index in [1.807, 2.05) is 0 Å². The van der Waals surface area contributed by atoms with Crippen LogP contribution in [0.4, 0.5) is 13.2 Å². The molecular weight excluding hydrogens is 371 g/mol. The van der Waals surface area contributed by atoms with Gasteiger partial charge in [-0.1, -0.05) is 12.1 Å². The SMILES string of the molecule is CN1C(=O)CC(C(=O)N2CCNCC2)C1c1ccc(C(F)(F)F)cc1.Cl. The number of hydrogen-bond donors (Lipinski definition) is 1. The van der Waals surface area contributed by atoms with E-state index >= 15 is 0 Å². The lowest BCUT2D eigenvalue weighted by molar-refractivity contribution is -0.138. The molecule has 0 saturated carbocycles. The van der Waals surface area contributed by atoms with E-state index in [4.69, 9.17) is 0 Å². The Bertz CT molecular complexity index is 660. The molecule has 0 aromatic heterocycles. The van der Waals surface area contributed by atoms with Crippen molar-refractivity contribution in [2.45, 2.75) is 18.6 Å². The summed E-state index contributed by atoms with van der Waals surface area (Å²) in [6, 6.07) is 4.19. The minimum absolute atomic E-state index is 0. The highest BCUT2D eigenvalue weighted by Crippen LogP contribution is 2.39. The van der Waals surface area contributed by atoms with Crippen LogP contribution in [0.5, 0.6) is 0 Å². The number of halogens is 4. The highest BCUT2D eigenvalue weighted by molar-refractivity contribution is 5.90. The molecule has 2 aliphatic rings. The Morgan fingerprint density at radius 1 is 1.15 bits per heavy atom. The van der Waals surface area contributed by atoms with Gasteiger partial charge in [-0.2, -0.15) is 13.2 Å². The van der Waals surface area contributed by atoms with Gasteiger partial charge in [0, 0.05) is 39.6 Å². The van der Waals surface area contributed by atoms with Crippen molar-refractivity contribution in [2.24, 2.45) is 5.92 Å². The molecule has 2 aliphatic heterocycles. The fraction of sp³-hybridized carbons (Fsp3) is 0.529. The minimum atomic E-state index is -4.41. The summed E-state index contributed by atoms with van der Waals surface area (Å²) >= 11 is 0. The maximum atomic E-state index is 12.8. The van der Waals surface area contributed by atoms with Crippen LogP contribution in [0.15, 0.2) is 24.3 Å². The summed E-state index contributed by atoms with van der Waals surface area (Å²) in [6.45, 7) is 2.56. The molecule has 2 unspecified atom stereocenters. The maximum absolute atomic E-state index is 12.8. The van der Waals surface area contributed by atoms with E-state index in [1.54, 1.807) is 11.9 Å². The van der Waals surface area contributed by atoms with Crippen LogP contribution >= 0.6 is 12.4 Å². The molecule has 1 N–H and O–H groups in total. The van der Waals surface area contributed by atoms with Crippen LogP contribution < -0.4 is 5.32 Å². The van der Waals surface area contributed by atoms with Gasteiger partial charge in [0.1, 0.15) is 0 Å². The number of nitrogens with one attached hydrogen (secondary N) is 1. The summed E-state index contributed by atoms with van der Waals surface area (Å²) in [5, 5.41) is 3.16. The van der Waals surface area contributed by atoms with Gasteiger partial charge in [0.15, 0.2) is 0 Å². The number of amides is 2. The van der Waals surface area contributed by atoms with Crippen molar-refractivity contribution in [3.8, 4) is 0 Å². The van der Waals surface area contributed by atoms with Gasteiger partial charge in [-0.3, -0.25) is 9.59 Å². The molecular formula is C17H21ClF3N3O2. The number of rotatable bonds is 2. The van der Waals surface area contributed by atoms with E-state index in [2.05, 4.69) is 5.32 Å².